The minimum absolute atomic E-state index is 0.0154. The van der Waals surface area contributed by atoms with E-state index in [0.29, 0.717) is 12.0 Å². The molecule has 4 N–H and O–H groups in total. The van der Waals surface area contributed by atoms with Gasteiger partial charge in [0.25, 0.3) is 0 Å². The van der Waals surface area contributed by atoms with Crippen molar-refractivity contribution >= 4 is 35.5 Å². The van der Waals surface area contributed by atoms with Crippen molar-refractivity contribution in [3.63, 3.8) is 0 Å². The first-order chi connectivity index (χ1) is 25.0. The number of carbonyl (C=O) groups is 4. The number of rotatable bonds is 20. The molecule has 290 valence electrons. The number of thioether (sulfide) groups is 1. The number of carbonyl (C=O) groups excluding carboxylic acids is 3. The third-order valence-electron chi connectivity index (χ3n) is 9.82. The number of unbranched alkanes of at least 4 members (excludes halogenated alkanes) is 1. The van der Waals surface area contributed by atoms with E-state index >= 15 is 0 Å². The Morgan fingerprint density at radius 3 is 1.77 bits per heavy atom. The van der Waals surface area contributed by atoms with E-state index in [2.05, 4.69) is 75.6 Å². The van der Waals surface area contributed by atoms with Crippen molar-refractivity contribution in [2.24, 2.45) is 0 Å². The number of carboxylic acids is 1. The average molecular weight is 748 g/mol. The van der Waals surface area contributed by atoms with E-state index in [1.165, 1.54) is 51.1 Å². The molecule has 4 atom stereocenters. The first-order valence-corrected chi connectivity index (χ1v) is 19.8. The normalized spacial score (nSPS) is 20.7. The van der Waals surface area contributed by atoms with Crippen LogP contribution < -0.4 is 10.6 Å². The Hall–Kier alpha value is -4.05. The number of nitrogens with zero attached hydrogens (tertiary/aromatic N) is 1. The number of allylic oxidation sites excluding steroid dienone is 10. The molecule has 0 spiro atoms. The van der Waals surface area contributed by atoms with Crippen LogP contribution in [0.3, 0.4) is 0 Å². The molecule has 0 saturated carbocycles. The molecule has 2 aliphatic rings. The van der Waals surface area contributed by atoms with Crippen molar-refractivity contribution in [2.75, 3.05) is 0 Å². The molecular formula is C43H61N3O6S. The number of amides is 3. The van der Waals surface area contributed by atoms with Gasteiger partial charge in [-0.05, 0) is 131 Å². The van der Waals surface area contributed by atoms with Crippen LogP contribution in [0, 0.1) is 0 Å². The molecule has 2 saturated heterocycles. The summed E-state index contributed by atoms with van der Waals surface area (Å²) in [7, 11) is 0. The smallest absolute Gasteiger partial charge is 0.327 e. The second kappa shape index (κ2) is 20.4. The van der Waals surface area contributed by atoms with Crippen LogP contribution in [0.2, 0.25) is 0 Å². The maximum atomic E-state index is 13.5. The van der Waals surface area contributed by atoms with Crippen LogP contribution in [0.15, 0.2) is 82.5 Å². The lowest BCUT2D eigenvalue weighted by molar-refractivity contribution is -0.161. The lowest BCUT2D eigenvalue weighted by atomic mass is 9.95. The fourth-order valence-electron chi connectivity index (χ4n) is 6.64. The highest BCUT2D eigenvalue weighted by atomic mass is 32.2. The summed E-state index contributed by atoms with van der Waals surface area (Å²) in [6.07, 6.45) is 20.6. The highest BCUT2D eigenvalue weighted by Gasteiger charge is 2.64. The lowest BCUT2D eigenvalue weighted by Gasteiger charge is -2.44. The summed E-state index contributed by atoms with van der Waals surface area (Å²) in [4.78, 5) is 52.8. The van der Waals surface area contributed by atoms with Gasteiger partial charge in [-0.15, -0.1) is 11.8 Å². The molecule has 4 unspecified atom stereocenters. The van der Waals surface area contributed by atoms with Crippen molar-refractivity contribution in [3.8, 4) is 5.75 Å². The van der Waals surface area contributed by atoms with Gasteiger partial charge in [-0.25, -0.2) is 4.79 Å². The summed E-state index contributed by atoms with van der Waals surface area (Å²) in [5.41, 5.74) is 7.18. The first-order valence-electron chi connectivity index (χ1n) is 18.9. The molecule has 10 heteroatoms. The molecular weight excluding hydrogens is 687 g/mol. The van der Waals surface area contributed by atoms with Crippen LogP contribution in [-0.4, -0.2) is 61.0 Å². The molecule has 0 aliphatic carbocycles. The quantitative estimate of drug-likeness (QED) is 0.0595. The lowest BCUT2D eigenvalue weighted by Crippen LogP contribution is -2.71. The van der Waals surface area contributed by atoms with Crippen LogP contribution in [0.4, 0.5) is 0 Å². The Bertz CT molecular complexity index is 1620. The number of hydrogen-bond acceptors (Lipinski definition) is 6. The number of phenols is 1. The van der Waals surface area contributed by atoms with Gasteiger partial charge in [0.15, 0.2) is 0 Å². The van der Waals surface area contributed by atoms with Gasteiger partial charge in [0.2, 0.25) is 17.7 Å². The molecule has 2 aliphatic heterocycles. The van der Waals surface area contributed by atoms with Crippen molar-refractivity contribution in [3.05, 3.63) is 88.1 Å². The van der Waals surface area contributed by atoms with Gasteiger partial charge in [-0.3, -0.25) is 14.4 Å². The number of aliphatic carboxylic acids is 1. The minimum atomic E-state index is -1.10. The van der Waals surface area contributed by atoms with Crippen LogP contribution in [-0.2, 0) is 19.2 Å². The molecule has 2 heterocycles. The predicted molar refractivity (Wildman–Crippen MR) is 215 cm³/mol. The zero-order chi connectivity index (χ0) is 39.3. The largest absolute Gasteiger partial charge is 0.508 e. The number of nitrogens with one attached hydrogen (secondary N) is 2. The van der Waals surface area contributed by atoms with E-state index in [0.717, 1.165) is 56.9 Å². The van der Waals surface area contributed by atoms with E-state index in [4.69, 9.17) is 0 Å². The van der Waals surface area contributed by atoms with Crippen LogP contribution in [0.1, 0.15) is 131 Å². The zero-order valence-corrected chi connectivity index (χ0v) is 33.8. The topological polar surface area (TPSA) is 136 Å². The van der Waals surface area contributed by atoms with Crippen molar-refractivity contribution in [1.82, 2.24) is 15.5 Å². The number of phenolic OH excluding ortho intramolecular Hbond substituents is 1. The molecule has 0 radical (unpaired) electrons. The monoisotopic (exact) mass is 747 g/mol. The Morgan fingerprint density at radius 2 is 1.26 bits per heavy atom. The number of aromatic hydroxyl groups is 1. The highest BCUT2D eigenvalue weighted by molar-refractivity contribution is 8.01. The summed E-state index contributed by atoms with van der Waals surface area (Å²) in [6.45, 7) is 16.4. The molecule has 1 aromatic carbocycles. The number of β-lactam (4-membered cyclic amide) rings is 1. The van der Waals surface area contributed by atoms with E-state index in [1.807, 2.05) is 6.92 Å². The highest BCUT2D eigenvalue weighted by Crippen LogP contribution is 2.50. The van der Waals surface area contributed by atoms with E-state index in [-0.39, 0.29) is 18.1 Å². The van der Waals surface area contributed by atoms with E-state index < -0.39 is 46.0 Å². The molecule has 3 amide bonds. The second-order valence-electron chi connectivity index (χ2n) is 15.4. The molecule has 9 nitrogen and oxygen atoms in total. The maximum Gasteiger partial charge on any atom is 0.327 e. The van der Waals surface area contributed by atoms with Crippen molar-refractivity contribution in [1.29, 1.82) is 0 Å². The number of hydrogen-bond donors (Lipinski definition) is 4. The zero-order valence-electron chi connectivity index (χ0n) is 33.0. The predicted octanol–water partition coefficient (Wildman–Crippen LogP) is 8.83. The number of fused-ring (bicyclic) bond motifs is 1. The third-order valence-corrected chi connectivity index (χ3v) is 11.4. The Labute approximate surface area is 321 Å². The average Bonchev–Trinajstić information content (AvgIpc) is 3.34. The van der Waals surface area contributed by atoms with Gasteiger partial charge in [0, 0.05) is 11.2 Å². The summed E-state index contributed by atoms with van der Waals surface area (Å²) >= 11 is 1.34. The second-order valence-corrected chi connectivity index (χ2v) is 17.1. The Balaban J connectivity index is 1.44. The van der Waals surface area contributed by atoms with Gasteiger partial charge >= 0.3 is 5.97 Å². The van der Waals surface area contributed by atoms with Crippen LogP contribution in [0.5, 0.6) is 5.75 Å². The SMILES string of the molecule is CC(C)=CCCC(C)=CCCC(C)=CCCC=C(C)CCC=C(C)CCC(=O)NC(C(=O)NC1C(=O)N2C1SC(C)(C)C2C(=O)O)c1ccc(O)cc1. The summed E-state index contributed by atoms with van der Waals surface area (Å²) in [5, 5.41) is 24.6. The summed E-state index contributed by atoms with van der Waals surface area (Å²) in [6, 6.07) is 2.97. The molecule has 2 fully saturated rings. The van der Waals surface area contributed by atoms with E-state index in [9.17, 15) is 29.4 Å². The van der Waals surface area contributed by atoms with Gasteiger partial charge in [-0.2, -0.15) is 0 Å². The molecule has 0 aromatic heterocycles. The van der Waals surface area contributed by atoms with Crippen LogP contribution in [0.25, 0.3) is 0 Å². The number of benzene rings is 1. The van der Waals surface area contributed by atoms with Gasteiger partial charge in [-0.1, -0.05) is 70.4 Å². The van der Waals surface area contributed by atoms with Crippen molar-refractivity contribution < 1.29 is 29.4 Å². The van der Waals surface area contributed by atoms with Gasteiger partial charge in [0.05, 0.1) is 0 Å². The maximum absolute atomic E-state index is 13.5. The summed E-state index contributed by atoms with van der Waals surface area (Å²) in [5.74, 6) is -2.43. The molecule has 3 rings (SSSR count). The Morgan fingerprint density at radius 1 is 0.774 bits per heavy atom. The molecule has 1 aromatic rings. The third kappa shape index (κ3) is 13.4. The number of carboxylic acid groups (broad SMARTS) is 1. The standard InChI is InChI=1S/C43H61N3O6S/c1-28(2)14-11-17-31(5)20-12-18-29(3)15-9-10-16-30(4)19-13-21-32(6)22-27-35(48)44-36(33-23-25-34(47)26-24-33)39(49)45-37-40(50)46-38(42(51)52)43(7,8)53-41(37)46/h14-16,20-21,23-26,36-38,41,47H,9-13,17-19,22,27H2,1-8H3,(H,44,48)(H,45,49)(H,51,52). The van der Waals surface area contributed by atoms with E-state index in [1.54, 1.807) is 26.0 Å². The fraction of sp³-hybridized carbons (Fsp3) is 0.535. The Kier molecular flexibility index (Phi) is 16.7. The molecule has 53 heavy (non-hydrogen) atoms. The van der Waals surface area contributed by atoms with Crippen molar-refractivity contribution in [2.45, 2.75) is 148 Å². The summed E-state index contributed by atoms with van der Waals surface area (Å²) < 4.78 is -0.727. The molecule has 0 bridgehead atoms. The van der Waals surface area contributed by atoms with Crippen LogP contribution >= 0.6 is 11.8 Å². The van der Waals surface area contributed by atoms with Gasteiger partial charge in [0.1, 0.15) is 29.2 Å². The fourth-order valence-corrected chi connectivity index (χ4v) is 8.27. The first kappa shape index (κ1) is 43.4. The minimum Gasteiger partial charge on any atom is -0.508 e. The van der Waals surface area contributed by atoms with Gasteiger partial charge < -0.3 is 25.7 Å².